The monoisotopic (exact) mass is 459 g/mol. The maximum atomic E-state index is 12.9. The largest absolute Gasteiger partial charge is 0.497 e. The van der Waals surface area contributed by atoms with Crippen molar-refractivity contribution in [2.45, 2.75) is 31.4 Å². The molecule has 34 heavy (non-hydrogen) atoms. The van der Waals surface area contributed by atoms with E-state index in [0.717, 1.165) is 28.2 Å². The lowest BCUT2D eigenvalue weighted by Gasteiger charge is -2.50. The Kier molecular flexibility index (Phi) is 6.87. The summed E-state index contributed by atoms with van der Waals surface area (Å²) in [5, 5.41) is 3.19. The van der Waals surface area contributed by atoms with E-state index in [1.807, 2.05) is 78.9 Å². The summed E-state index contributed by atoms with van der Waals surface area (Å²) < 4.78 is 16.3. The molecule has 3 aromatic carbocycles. The van der Waals surface area contributed by atoms with Crippen LogP contribution in [0.5, 0.6) is 11.5 Å². The van der Waals surface area contributed by atoms with E-state index in [2.05, 4.69) is 5.32 Å². The van der Waals surface area contributed by atoms with Crippen LogP contribution in [0.15, 0.2) is 78.9 Å². The molecular weight excluding hydrogens is 430 g/mol. The molecule has 0 radical (unpaired) electrons. The normalized spacial score (nSPS) is 17.1. The minimum atomic E-state index is -0.701. The number of nitrogens with one attached hydrogen (secondary N) is 1. The quantitative estimate of drug-likeness (QED) is 0.368. The Morgan fingerprint density at radius 2 is 1.41 bits per heavy atom. The highest BCUT2D eigenvalue weighted by molar-refractivity contribution is 5.90. The van der Waals surface area contributed by atoms with Crippen molar-refractivity contribution in [1.82, 2.24) is 5.32 Å². The minimum Gasteiger partial charge on any atom is -0.497 e. The van der Waals surface area contributed by atoms with E-state index >= 15 is 0 Å². The van der Waals surface area contributed by atoms with Gasteiger partial charge in [0.25, 0.3) is 0 Å². The summed E-state index contributed by atoms with van der Waals surface area (Å²) in [6.07, 6.45) is 0.642. The van der Waals surface area contributed by atoms with Gasteiger partial charge in [0.1, 0.15) is 23.1 Å². The van der Waals surface area contributed by atoms with Gasteiger partial charge < -0.3 is 19.5 Å². The van der Waals surface area contributed by atoms with Gasteiger partial charge in [-0.05, 0) is 53.8 Å². The Labute approximate surface area is 199 Å². The van der Waals surface area contributed by atoms with Crippen molar-refractivity contribution in [2.24, 2.45) is 5.92 Å². The molecule has 1 N–H and O–H groups in total. The van der Waals surface area contributed by atoms with Crippen LogP contribution in [0.1, 0.15) is 42.6 Å². The number of esters is 1. The summed E-state index contributed by atoms with van der Waals surface area (Å²) in [4.78, 5) is 24.7. The number of β-lactam (4-membered cyclic amide) rings is 1. The number of benzene rings is 3. The summed E-state index contributed by atoms with van der Waals surface area (Å²) in [5.74, 6) is 0.783. The first-order valence-electron chi connectivity index (χ1n) is 11.3. The molecule has 0 unspecified atom stereocenters. The van der Waals surface area contributed by atoms with Crippen molar-refractivity contribution < 1.29 is 23.8 Å². The second kappa shape index (κ2) is 10.00. The number of hydrogen-bond acceptors (Lipinski definition) is 5. The number of carbonyl (C=O) groups is 2. The van der Waals surface area contributed by atoms with Gasteiger partial charge in [-0.2, -0.15) is 0 Å². The van der Waals surface area contributed by atoms with Gasteiger partial charge in [0, 0.05) is 6.92 Å². The molecular formula is C28H29NO5. The molecule has 0 bridgehead atoms. The maximum absolute atomic E-state index is 12.9. The highest BCUT2D eigenvalue weighted by atomic mass is 16.5. The third kappa shape index (κ3) is 4.49. The molecule has 6 nitrogen and oxygen atoms in total. The highest BCUT2D eigenvalue weighted by Gasteiger charge is 2.55. The van der Waals surface area contributed by atoms with Gasteiger partial charge in [0.05, 0.1) is 20.1 Å². The molecule has 3 aromatic rings. The van der Waals surface area contributed by atoms with Crippen molar-refractivity contribution in [2.75, 3.05) is 14.2 Å². The Morgan fingerprint density at radius 1 is 0.882 bits per heavy atom. The zero-order valence-corrected chi connectivity index (χ0v) is 19.6. The Balaban J connectivity index is 1.68. The van der Waals surface area contributed by atoms with Gasteiger partial charge in [0.15, 0.2) is 0 Å². The van der Waals surface area contributed by atoms with E-state index in [4.69, 9.17) is 14.2 Å². The van der Waals surface area contributed by atoms with Crippen molar-refractivity contribution in [1.29, 1.82) is 0 Å². The van der Waals surface area contributed by atoms with Gasteiger partial charge in [-0.3, -0.25) is 9.59 Å². The van der Waals surface area contributed by atoms with Gasteiger partial charge in [0.2, 0.25) is 5.91 Å². The smallest absolute Gasteiger partial charge is 0.303 e. The summed E-state index contributed by atoms with van der Waals surface area (Å²) in [7, 11) is 3.25. The van der Waals surface area contributed by atoms with Crippen LogP contribution in [0.3, 0.4) is 0 Å². The number of carbonyl (C=O) groups excluding carboxylic acids is 2. The topological polar surface area (TPSA) is 73.9 Å². The third-order valence-corrected chi connectivity index (χ3v) is 6.45. The molecule has 1 fully saturated rings. The van der Waals surface area contributed by atoms with E-state index < -0.39 is 11.6 Å². The summed E-state index contributed by atoms with van der Waals surface area (Å²) in [6.45, 7) is 1.41. The fraction of sp³-hybridized carbons (Fsp3) is 0.286. The van der Waals surface area contributed by atoms with Crippen LogP contribution in [0, 0.1) is 5.92 Å². The van der Waals surface area contributed by atoms with Gasteiger partial charge in [-0.1, -0.05) is 54.6 Å². The van der Waals surface area contributed by atoms with Gasteiger partial charge in [-0.25, -0.2) is 0 Å². The zero-order valence-electron chi connectivity index (χ0n) is 19.6. The summed E-state index contributed by atoms with van der Waals surface area (Å²) in [6, 6.07) is 25.2. The standard InChI is InChI=1S/C28H29NO5/c1-19(30)34-26(20-7-5-4-6-8-20)18-17-25-27(31)29-28(25,21-9-13-23(32-2)14-10-21)22-11-15-24(33-3)16-12-22/h4-16,25-26H,17-18H2,1-3H3,(H,29,31)/t25-,26-/m1/s1. The fourth-order valence-electron chi connectivity index (χ4n) is 4.74. The number of rotatable bonds is 9. The van der Waals surface area contributed by atoms with Crippen LogP contribution in [0.25, 0.3) is 0 Å². The Bertz CT molecular complexity index is 1080. The van der Waals surface area contributed by atoms with Gasteiger partial charge in [-0.15, -0.1) is 0 Å². The van der Waals surface area contributed by atoms with Crippen LogP contribution in [0.2, 0.25) is 0 Å². The molecule has 4 rings (SSSR count). The molecule has 176 valence electrons. The van der Waals surface area contributed by atoms with Gasteiger partial charge >= 0.3 is 5.97 Å². The lowest BCUT2D eigenvalue weighted by Crippen LogP contribution is -2.67. The molecule has 2 atom stereocenters. The van der Waals surface area contributed by atoms with Crippen molar-refractivity contribution in [3.8, 4) is 11.5 Å². The molecule has 0 aromatic heterocycles. The van der Waals surface area contributed by atoms with Crippen LogP contribution < -0.4 is 14.8 Å². The van der Waals surface area contributed by atoms with E-state index in [1.165, 1.54) is 6.92 Å². The first-order valence-corrected chi connectivity index (χ1v) is 11.3. The molecule has 1 saturated heterocycles. The highest BCUT2D eigenvalue weighted by Crippen LogP contribution is 2.47. The fourth-order valence-corrected chi connectivity index (χ4v) is 4.74. The van der Waals surface area contributed by atoms with Crippen molar-refractivity contribution >= 4 is 11.9 Å². The minimum absolute atomic E-state index is 0.0266. The molecule has 0 saturated carbocycles. The average molecular weight is 460 g/mol. The second-order valence-electron chi connectivity index (χ2n) is 8.39. The van der Waals surface area contributed by atoms with Crippen LogP contribution in [-0.2, 0) is 19.9 Å². The van der Waals surface area contributed by atoms with E-state index in [9.17, 15) is 9.59 Å². The maximum Gasteiger partial charge on any atom is 0.303 e. The summed E-state index contributed by atoms with van der Waals surface area (Å²) >= 11 is 0. The van der Waals surface area contributed by atoms with E-state index in [-0.39, 0.29) is 17.8 Å². The molecule has 1 heterocycles. The van der Waals surface area contributed by atoms with Crippen molar-refractivity contribution in [3.63, 3.8) is 0 Å². The van der Waals surface area contributed by atoms with E-state index in [1.54, 1.807) is 14.2 Å². The first-order chi connectivity index (χ1) is 16.5. The summed E-state index contributed by atoms with van der Waals surface area (Å²) in [5.41, 5.74) is 2.14. The number of ether oxygens (including phenoxy) is 3. The lowest BCUT2D eigenvalue weighted by atomic mass is 9.65. The Hall–Kier alpha value is -3.80. The van der Waals surface area contributed by atoms with Crippen molar-refractivity contribution in [3.05, 3.63) is 95.6 Å². The SMILES string of the molecule is COc1ccc(C2(c3ccc(OC)cc3)NC(=O)[C@H]2CC[C@@H](OC(C)=O)c2ccccc2)cc1. The first kappa shape index (κ1) is 23.4. The molecule has 1 amide bonds. The molecule has 1 aliphatic heterocycles. The molecule has 1 aliphatic rings. The second-order valence-corrected chi connectivity index (χ2v) is 8.39. The number of methoxy groups -OCH3 is 2. The third-order valence-electron chi connectivity index (χ3n) is 6.45. The Morgan fingerprint density at radius 3 is 1.85 bits per heavy atom. The molecule has 6 heteroatoms. The average Bonchev–Trinajstić information content (AvgIpc) is 2.87. The zero-order chi connectivity index (χ0) is 24.1. The predicted octanol–water partition coefficient (Wildman–Crippen LogP) is 4.78. The van der Waals surface area contributed by atoms with Crippen LogP contribution >= 0.6 is 0 Å². The van der Waals surface area contributed by atoms with Crippen LogP contribution in [-0.4, -0.2) is 26.1 Å². The van der Waals surface area contributed by atoms with Crippen LogP contribution in [0.4, 0.5) is 0 Å². The van der Waals surface area contributed by atoms with E-state index in [0.29, 0.717) is 12.8 Å². The number of hydrogen-bond donors (Lipinski definition) is 1. The molecule has 0 aliphatic carbocycles. The molecule has 0 spiro atoms. The lowest BCUT2D eigenvalue weighted by molar-refractivity contribution is -0.148. The number of amides is 1. The predicted molar refractivity (Wildman–Crippen MR) is 129 cm³/mol.